The molecule has 0 heterocycles. The summed E-state index contributed by atoms with van der Waals surface area (Å²) in [4.78, 5) is 12.8. The van der Waals surface area contributed by atoms with E-state index in [1.54, 1.807) is 51.1 Å². The van der Waals surface area contributed by atoms with Crippen LogP contribution in [-0.2, 0) is 14.8 Å². The molecule has 1 atom stereocenters. The van der Waals surface area contributed by atoms with E-state index in [0.717, 1.165) is 11.1 Å². The molecule has 5 nitrogen and oxygen atoms in total. The summed E-state index contributed by atoms with van der Waals surface area (Å²) in [6, 6.07) is 23.7. The fraction of sp³-hybridized carbons (Fsp3) is 0.240. The molecule has 3 aromatic rings. The molecule has 0 aliphatic carbocycles. The predicted molar refractivity (Wildman–Crippen MR) is 125 cm³/mol. The summed E-state index contributed by atoms with van der Waals surface area (Å²) in [5.41, 5.74) is 2.38. The molecule has 0 fully saturated rings. The number of carbonyl (C=O) groups excluding carboxylic acids is 1. The van der Waals surface area contributed by atoms with E-state index >= 15 is 0 Å². The molecule has 31 heavy (non-hydrogen) atoms. The van der Waals surface area contributed by atoms with Gasteiger partial charge in [0.25, 0.3) is 0 Å². The van der Waals surface area contributed by atoms with Crippen LogP contribution in [0.15, 0.2) is 83.8 Å². The van der Waals surface area contributed by atoms with Crippen LogP contribution in [0.4, 0.5) is 5.69 Å². The molecule has 0 saturated carbocycles. The number of rotatable bonds is 6. The molecule has 3 rings (SSSR count). The Bertz CT molecular complexity index is 1150. The summed E-state index contributed by atoms with van der Waals surface area (Å²) in [6.45, 7) is 7.28. The average molecular weight is 437 g/mol. The summed E-state index contributed by atoms with van der Waals surface area (Å²) in [5.74, 6) is -0.383. The minimum absolute atomic E-state index is 0.101. The van der Waals surface area contributed by atoms with Gasteiger partial charge < -0.3 is 5.32 Å². The van der Waals surface area contributed by atoms with Crippen LogP contribution in [0.3, 0.4) is 0 Å². The highest BCUT2D eigenvalue weighted by Crippen LogP contribution is 2.29. The van der Waals surface area contributed by atoms with Crippen LogP contribution in [0.2, 0.25) is 0 Å². The lowest BCUT2D eigenvalue weighted by Crippen LogP contribution is -2.40. The van der Waals surface area contributed by atoms with E-state index in [-0.39, 0.29) is 16.7 Å². The monoisotopic (exact) mass is 436 g/mol. The molecule has 0 aliphatic heterocycles. The Morgan fingerprint density at radius 3 is 2.03 bits per heavy atom. The van der Waals surface area contributed by atoms with Crippen LogP contribution in [0.5, 0.6) is 0 Å². The van der Waals surface area contributed by atoms with E-state index in [9.17, 15) is 13.2 Å². The van der Waals surface area contributed by atoms with Gasteiger partial charge in [0, 0.05) is 16.8 Å². The van der Waals surface area contributed by atoms with Crippen molar-refractivity contribution in [1.29, 1.82) is 0 Å². The van der Waals surface area contributed by atoms with Crippen molar-refractivity contribution in [1.82, 2.24) is 4.72 Å². The normalized spacial score (nSPS) is 12.9. The third-order valence-electron chi connectivity index (χ3n) is 4.77. The lowest BCUT2D eigenvalue weighted by Gasteiger charge is -2.21. The van der Waals surface area contributed by atoms with Crippen LogP contribution < -0.4 is 10.0 Å². The van der Waals surface area contributed by atoms with Crippen LogP contribution in [0, 0.1) is 0 Å². The van der Waals surface area contributed by atoms with Gasteiger partial charge in [0.15, 0.2) is 0 Å². The summed E-state index contributed by atoms with van der Waals surface area (Å²) in [5, 5.41) is 2.93. The first-order valence-corrected chi connectivity index (χ1v) is 11.6. The molecule has 0 bridgehead atoms. The van der Waals surface area contributed by atoms with E-state index < -0.39 is 15.6 Å². The van der Waals surface area contributed by atoms with Crippen molar-refractivity contribution >= 4 is 21.6 Å². The van der Waals surface area contributed by atoms with Crippen molar-refractivity contribution in [3.8, 4) is 11.1 Å². The van der Waals surface area contributed by atoms with E-state index in [0.29, 0.717) is 11.3 Å². The molecular formula is C25H28N2O3S. The second-order valence-corrected chi connectivity index (χ2v) is 10.2. The number of nitrogens with one attached hydrogen (secondary N) is 2. The van der Waals surface area contributed by atoms with Gasteiger partial charge in [-0.25, -0.2) is 13.1 Å². The standard InChI is InChI=1S/C25H28N2O3S/c1-18(19-10-6-5-7-11-19)24(28)26-21-16-14-20(15-17-21)22-12-8-9-13-23(22)31(29,30)27-25(2,3)4/h5-18,27H,1-4H3,(H,26,28)/t18-/m1/s1. The zero-order valence-corrected chi connectivity index (χ0v) is 19.0. The lowest BCUT2D eigenvalue weighted by atomic mass is 10.0. The molecule has 0 radical (unpaired) electrons. The van der Waals surface area contributed by atoms with Gasteiger partial charge >= 0.3 is 0 Å². The summed E-state index contributed by atoms with van der Waals surface area (Å²) in [6.07, 6.45) is 0. The third-order valence-corrected chi connectivity index (χ3v) is 6.59. The van der Waals surface area contributed by atoms with E-state index in [1.807, 2.05) is 55.5 Å². The van der Waals surface area contributed by atoms with E-state index in [2.05, 4.69) is 10.0 Å². The summed E-state index contributed by atoms with van der Waals surface area (Å²) >= 11 is 0. The maximum atomic E-state index is 12.9. The first kappa shape index (κ1) is 22.7. The first-order chi connectivity index (χ1) is 14.6. The zero-order valence-electron chi connectivity index (χ0n) is 18.2. The second kappa shape index (κ2) is 9.04. The van der Waals surface area contributed by atoms with Gasteiger partial charge in [-0.3, -0.25) is 4.79 Å². The number of carbonyl (C=O) groups is 1. The Morgan fingerprint density at radius 2 is 1.42 bits per heavy atom. The summed E-state index contributed by atoms with van der Waals surface area (Å²) in [7, 11) is -3.69. The van der Waals surface area contributed by atoms with Crippen molar-refractivity contribution in [2.45, 2.75) is 44.0 Å². The molecule has 0 aliphatic rings. The number of amides is 1. The largest absolute Gasteiger partial charge is 0.326 e. The maximum absolute atomic E-state index is 12.9. The van der Waals surface area contributed by atoms with Gasteiger partial charge in [-0.1, -0.05) is 60.7 Å². The van der Waals surface area contributed by atoms with Crippen molar-refractivity contribution in [2.24, 2.45) is 0 Å². The lowest BCUT2D eigenvalue weighted by molar-refractivity contribution is -0.117. The van der Waals surface area contributed by atoms with Gasteiger partial charge in [-0.15, -0.1) is 0 Å². The van der Waals surface area contributed by atoms with Crippen molar-refractivity contribution in [3.63, 3.8) is 0 Å². The van der Waals surface area contributed by atoms with E-state index in [4.69, 9.17) is 0 Å². The van der Waals surface area contributed by atoms with Gasteiger partial charge in [0.05, 0.1) is 10.8 Å². The van der Waals surface area contributed by atoms with Crippen molar-refractivity contribution in [2.75, 3.05) is 5.32 Å². The Morgan fingerprint density at radius 1 is 0.839 bits per heavy atom. The molecule has 0 spiro atoms. The molecule has 6 heteroatoms. The third kappa shape index (κ3) is 5.81. The van der Waals surface area contributed by atoms with Crippen LogP contribution >= 0.6 is 0 Å². The smallest absolute Gasteiger partial charge is 0.241 e. The number of benzene rings is 3. The van der Waals surface area contributed by atoms with Gasteiger partial charge in [0.2, 0.25) is 15.9 Å². The molecule has 1 amide bonds. The Kier molecular flexibility index (Phi) is 6.62. The number of anilines is 1. The molecular weight excluding hydrogens is 408 g/mol. The molecule has 3 aromatic carbocycles. The first-order valence-electron chi connectivity index (χ1n) is 10.2. The SMILES string of the molecule is C[C@@H](C(=O)Nc1ccc(-c2ccccc2S(=O)(=O)NC(C)(C)C)cc1)c1ccccc1. The Labute approximate surface area is 184 Å². The minimum Gasteiger partial charge on any atom is -0.326 e. The fourth-order valence-corrected chi connectivity index (χ4v) is 4.92. The Balaban J connectivity index is 1.82. The average Bonchev–Trinajstić information content (AvgIpc) is 2.73. The van der Waals surface area contributed by atoms with Crippen LogP contribution in [0.1, 0.15) is 39.2 Å². The van der Waals surface area contributed by atoms with Gasteiger partial charge in [-0.2, -0.15) is 0 Å². The quantitative estimate of drug-likeness (QED) is 0.560. The zero-order chi connectivity index (χ0) is 22.6. The highest BCUT2D eigenvalue weighted by Gasteiger charge is 2.24. The fourth-order valence-electron chi connectivity index (χ4n) is 3.27. The molecule has 2 N–H and O–H groups in total. The minimum atomic E-state index is -3.69. The molecule has 0 unspecified atom stereocenters. The van der Waals surface area contributed by atoms with Gasteiger partial charge in [0.1, 0.15) is 0 Å². The van der Waals surface area contributed by atoms with Crippen molar-refractivity contribution in [3.05, 3.63) is 84.4 Å². The number of hydrogen-bond donors (Lipinski definition) is 2. The van der Waals surface area contributed by atoms with Crippen LogP contribution in [0.25, 0.3) is 11.1 Å². The maximum Gasteiger partial charge on any atom is 0.241 e. The molecule has 0 saturated heterocycles. The van der Waals surface area contributed by atoms with Crippen molar-refractivity contribution < 1.29 is 13.2 Å². The Hall–Kier alpha value is -2.96. The molecule has 162 valence electrons. The second-order valence-electron chi connectivity index (χ2n) is 8.55. The summed E-state index contributed by atoms with van der Waals surface area (Å²) < 4.78 is 28.5. The number of hydrogen-bond acceptors (Lipinski definition) is 3. The van der Waals surface area contributed by atoms with Gasteiger partial charge in [-0.05, 0) is 57.0 Å². The molecule has 0 aromatic heterocycles. The highest BCUT2D eigenvalue weighted by molar-refractivity contribution is 7.89. The highest BCUT2D eigenvalue weighted by atomic mass is 32.2. The van der Waals surface area contributed by atoms with E-state index in [1.165, 1.54) is 0 Å². The van der Waals surface area contributed by atoms with Crippen LogP contribution in [-0.4, -0.2) is 19.9 Å². The topological polar surface area (TPSA) is 75.3 Å². The predicted octanol–water partition coefficient (Wildman–Crippen LogP) is 5.17. The number of sulfonamides is 1.